The summed E-state index contributed by atoms with van der Waals surface area (Å²) in [5, 5.41) is 10.7. The Labute approximate surface area is 212 Å². The molecule has 5 rings (SSSR count). The van der Waals surface area contributed by atoms with E-state index in [4.69, 9.17) is 5.73 Å². The van der Waals surface area contributed by atoms with Crippen molar-refractivity contribution in [1.82, 2.24) is 9.80 Å². The smallest absolute Gasteiger partial charge is 0.256 e. The van der Waals surface area contributed by atoms with Crippen molar-refractivity contribution < 1.29 is 9.90 Å². The number of hydrogen-bond acceptors (Lipinski definition) is 4. The van der Waals surface area contributed by atoms with Crippen molar-refractivity contribution in [2.45, 2.75) is 11.6 Å². The standard InChI is InChI=1S/C31H31N3O2/c32-28-18-16-24(17-19-28)29(35)30(36)33-20-22-34(23-21-33)31(25-10-4-1-5-11-25,26-12-6-2-7-13-26)27-14-8-3-9-15-27/h1-19,29,35H,20-23,32H2. The highest BCUT2D eigenvalue weighted by molar-refractivity contribution is 5.82. The van der Waals surface area contributed by atoms with Gasteiger partial charge >= 0.3 is 0 Å². The first-order chi connectivity index (χ1) is 17.6. The lowest BCUT2D eigenvalue weighted by Gasteiger charge is -2.49. The molecule has 0 saturated carbocycles. The molecule has 0 bridgehead atoms. The summed E-state index contributed by atoms with van der Waals surface area (Å²) in [4.78, 5) is 17.4. The van der Waals surface area contributed by atoms with Crippen LogP contribution in [0.2, 0.25) is 0 Å². The van der Waals surface area contributed by atoms with Gasteiger partial charge in [0.05, 0.1) is 5.54 Å². The van der Waals surface area contributed by atoms with E-state index in [0.29, 0.717) is 37.4 Å². The number of benzene rings is 4. The molecule has 1 amide bonds. The SMILES string of the molecule is Nc1ccc(C(O)C(=O)N2CCN(C(c3ccccc3)(c3ccccc3)c3ccccc3)CC2)cc1. The summed E-state index contributed by atoms with van der Waals surface area (Å²) in [6.45, 7) is 2.38. The molecule has 1 aliphatic rings. The summed E-state index contributed by atoms with van der Waals surface area (Å²) in [6.07, 6.45) is -1.20. The van der Waals surface area contributed by atoms with Gasteiger partial charge in [0.2, 0.25) is 0 Å². The van der Waals surface area contributed by atoms with Crippen LogP contribution in [0.3, 0.4) is 0 Å². The highest BCUT2D eigenvalue weighted by Crippen LogP contribution is 2.42. The summed E-state index contributed by atoms with van der Waals surface area (Å²) >= 11 is 0. The van der Waals surface area contributed by atoms with Crippen LogP contribution in [0, 0.1) is 0 Å². The van der Waals surface area contributed by atoms with Gasteiger partial charge in [-0.05, 0) is 34.4 Å². The van der Waals surface area contributed by atoms with E-state index >= 15 is 0 Å². The molecule has 0 aromatic heterocycles. The van der Waals surface area contributed by atoms with Crippen LogP contribution in [0.1, 0.15) is 28.4 Å². The highest BCUT2D eigenvalue weighted by Gasteiger charge is 2.43. The third-order valence-corrected chi connectivity index (χ3v) is 7.13. The topological polar surface area (TPSA) is 69.8 Å². The zero-order valence-electron chi connectivity index (χ0n) is 20.2. The van der Waals surface area contributed by atoms with E-state index in [1.54, 1.807) is 29.2 Å². The Morgan fingerprint density at radius 3 is 1.50 bits per heavy atom. The molecule has 0 spiro atoms. The number of hydrogen-bond donors (Lipinski definition) is 2. The van der Waals surface area contributed by atoms with Crippen LogP contribution in [0.4, 0.5) is 5.69 Å². The lowest BCUT2D eigenvalue weighted by molar-refractivity contribution is -0.143. The number of nitrogens with zero attached hydrogens (tertiary/aromatic N) is 2. The number of aliphatic hydroxyl groups is 1. The predicted octanol–water partition coefficient (Wildman–Crippen LogP) is 4.44. The minimum atomic E-state index is -1.20. The molecule has 0 radical (unpaired) electrons. The van der Waals surface area contributed by atoms with Crippen LogP contribution in [0.5, 0.6) is 0 Å². The highest BCUT2D eigenvalue weighted by atomic mass is 16.3. The Bertz CT molecular complexity index is 1170. The lowest BCUT2D eigenvalue weighted by atomic mass is 9.75. The number of rotatable bonds is 6. The second-order valence-corrected chi connectivity index (χ2v) is 9.19. The summed E-state index contributed by atoms with van der Waals surface area (Å²) in [5.41, 5.74) is 9.97. The van der Waals surface area contributed by atoms with E-state index in [1.165, 1.54) is 16.7 Å². The average Bonchev–Trinajstić information content (AvgIpc) is 2.95. The van der Waals surface area contributed by atoms with Gasteiger partial charge in [-0.15, -0.1) is 0 Å². The van der Waals surface area contributed by atoms with Crippen LogP contribution >= 0.6 is 0 Å². The van der Waals surface area contributed by atoms with Crippen molar-refractivity contribution >= 4 is 11.6 Å². The Hall–Kier alpha value is -3.93. The third-order valence-electron chi connectivity index (χ3n) is 7.13. The fourth-order valence-electron chi connectivity index (χ4n) is 5.34. The maximum atomic E-state index is 13.2. The summed E-state index contributed by atoms with van der Waals surface area (Å²) in [6, 6.07) is 38.5. The fourth-order valence-corrected chi connectivity index (χ4v) is 5.34. The number of anilines is 1. The predicted molar refractivity (Wildman–Crippen MR) is 143 cm³/mol. The van der Waals surface area contributed by atoms with Crippen LogP contribution in [-0.2, 0) is 10.3 Å². The number of amides is 1. The number of carbonyl (C=O) groups excluding carboxylic acids is 1. The molecule has 1 saturated heterocycles. The lowest BCUT2D eigenvalue weighted by Crippen LogP contribution is -2.58. The number of nitrogen functional groups attached to an aromatic ring is 1. The first-order valence-electron chi connectivity index (χ1n) is 12.3. The van der Waals surface area contributed by atoms with E-state index in [-0.39, 0.29) is 5.91 Å². The Balaban J connectivity index is 1.48. The van der Waals surface area contributed by atoms with E-state index < -0.39 is 11.6 Å². The molecule has 182 valence electrons. The molecule has 1 unspecified atom stereocenters. The van der Waals surface area contributed by atoms with Crippen molar-refractivity contribution in [3.63, 3.8) is 0 Å². The van der Waals surface area contributed by atoms with E-state index in [9.17, 15) is 9.90 Å². The van der Waals surface area contributed by atoms with Gasteiger partial charge in [-0.1, -0.05) is 103 Å². The maximum Gasteiger partial charge on any atom is 0.256 e. The van der Waals surface area contributed by atoms with E-state index in [1.807, 2.05) is 18.2 Å². The molecule has 1 fully saturated rings. The van der Waals surface area contributed by atoms with Crippen molar-refractivity contribution in [2.75, 3.05) is 31.9 Å². The average molecular weight is 478 g/mol. The van der Waals surface area contributed by atoms with Gasteiger partial charge in [0.25, 0.3) is 5.91 Å². The zero-order valence-corrected chi connectivity index (χ0v) is 20.2. The number of piperazine rings is 1. The van der Waals surface area contributed by atoms with Crippen molar-refractivity contribution in [3.8, 4) is 0 Å². The molecular weight excluding hydrogens is 446 g/mol. The van der Waals surface area contributed by atoms with Crippen LogP contribution in [0.15, 0.2) is 115 Å². The largest absolute Gasteiger partial charge is 0.399 e. The Morgan fingerprint density at radius 2 is 1.08 bits per heavy atom. The third kappa shape index (κ3) is 4.39. The van der Waals surface area contributed by atoms with Gasteiger partial charge in [-0.2, -0.15) is 0 Å². The van der Waals surface area contributed by atoms with Crippen molar-refractivity contribution in [3.05, 3.63) is 138 Å². The number of aliphatic hydroxyl groups excluding tert-OH is 1. The van der Waals surface area contributed by atoms with Gasteiger partial charge in [0.1, 0.15) is 0 Å². The summed E-state index contributed by atoms with van der Waals surface area (Å²) in [7, 11) is 0. The van der Waals surface area contributed by atoms with Gasteiger partial charge in [-0.25, -0.2) is 0 Å². The Morgan fingerprint density at radius 1 is 0.667 bits per heavy atom. The van der Waals surface area contributed by atoms with Crippen LogP contribution in [0.25, 0.3) is 0 Å². The number of carbonyl (C=O) groups is 1. The maximum absolute atomic E-state index is 13.2. The molecule has 5 nitrogen and oxygen atoms in total. The van der Waals surface area contributed by atoms with Crippen LogP contribution in [-0.4, -0.2) is 47.0 Å². The molecule has 3 N–H and O–H groups in total. The monoisotopic (exact) mass is 477 g/mol. The number of nitrogens with two attached hydrogens (primary N) is 1. The van der Waals surface area contributed by atoms with E-state index in [2.05, 4.69) is 77.7 Å². The van der Waals surface area contributed by atoms with Gasteiger partial charge in [0.15, 0.2) is 6.10 Å². The molecule has 4 aromatic carbocycles. The molecular formula is C31H31N3O2. The van der Waals surface area contributed by atoms with Crippen molar-refractivity contribution in [1.29, 1.82) is 0 Å². The summed E-state index contributed by atoms with van der Waals surface area (Å²) in [5.74, 6) is -0.274. The normalized spacial score (nSPS) is 15.4. The molecule has 1 heterocycles. The van der Waals surface area contributed by atoms with Crippen LogP contribution < -0.4 is 5.73 Å². The molecule has 36 heavy (non-hydrogen) atoms. The van der Waals surface area contributed by atoms with Crippen molar-refractivity contribution in [2.24, 2.45) is 0 Å². The molecule has 0 aliphatic carbocycles. The van der Waals surface area contributed by atoms with E-state index in [0.717, 1.165) is 0 Å². The zero-order chi connectivity index (χ0) is 25.0. The second kappa shape index (κ2) is 10.4. The fraction of sp³-hybridized carbons (Fsp3) is 0.194. The second-order valence-electron chi connectivity index (χ2n) is 9.19. The minimum Gasteiger partial charge on any atom is -0.399 e. The first-order valence-corrected chi connectivity index (χ1v) is 12.3. The summed E-state index contributed by atoms with van der Waals surface area (Å²) < 4.78 is 0. The molecule has 5 heteroatoms. The molecule has 1 atom stereocenters. The Kier molecular flexibility index (Phi) is 6.85. The first kappa shape index (κ1) is 23.8. The van der Waals surface area contributed by atoms with Gasteiger partial charge in [-0.3, -0.25) is 9.69 Å². The van der Waals surface area contributed by atoms with Gasteiger partial charge in [0, 0.05) is 31.9 Å². The minimum absolute atomic E-state index is 0.274. The molecule has 1 aliphatic heterocycles. The quantitative estimate of drug-likeness (QED) is 0.318. The molecule has 4 aromatic rings. The van der Waals surface area contributed by atoms with Gasteiger partial charge < -0.3 is 15.7 Å².